The van der Waals surface area contributed by atoms with E-state index >= 15 is 0 Å². The maximum atomic E-state index is 12.6. The maximum absolute atomic E-state index is 12.6. The lowest BCUT2D eigenvalue weighted by Gasteiger charge is -2.32. The molecule has 1 unspecified atom stereocenters. The van der Waals surface area contributed by atoms with Crippen LogP contribution in [0.4, 0.5) is 0 Å². The van der Waals surface area contributed by atoms with Gasteiger partial charge >= 0.3 is 5.63 Å². The highest BCUT2D eigenvalue weighted by Crippen LogP contribution is 2.20. The largest absolute Gasteiger partial charge is 0.426 e. The van der Waals surface area contributed by atoms with Crippen molar-refractivity contribution in [3.05, 3.63) is 76.8 Å². The highest BCUT2D eigenvalue weighted by molar-refractivity contribution is 5.94. The molecule has 2 aromatic carbocycles. The normalized spacial score (nSPS) is 16.1. The average molecular weight is 421 g/mol. The number of nitrogens with one attached hydrogen (secondary N) is 2. The first-order valence-electron chi connectivity index (χ1n) is 10.4. The zero-order valence-corrected chi connectivity index (χ0v) is 17.1. The molecule has 3 aromatic rings. The number of aromatic amines is 1. The third-order valence-corrected chi connectivity index (χ3v) is 5.51. The van der Waals surface area contributed by atoms with Gasteiger partial charge in [0.2, 0.25) is 0 Å². The predicted molar refractivity (Wildman–Crippen MR) is 113 cm³/mol. The molecule has 1 atom stereocenters. The molecular weight excluding hydrogens is 396 g/mol. The van der Waals surface area contributed by atoms with Crippen LogP contribution >= 0.6 is 0 Å². The van der Waals surface area contributed by atoms with Crippen molar-refractivity contribution in [2.24, 2.45) is 5.92 Å². The van der Waals surface area contributed by atoms with E-state index in [0.717, 1.165) is 24.0 Å². The molecule has 4 rings (SSSR count). The number of hydrogen-bond acceptors (Lipinski definition) is 4. The third-order valence-electron chi connectivity index (χ3n) is 5.51. The lowest BCUT2D eigenvalue weighted by atomic mass is 9.97. The molecule has 0 radical (unpaired) electrons. The van der Waals surface area contributed by atoms with Crippen LogP contribution in [-0.4, -0.2) is 41.6 Å². The van der Waals surface area contributed by atoms with E-state index in [1.54, 1.807) is 4.90 Å². The van der Waals surface area contributed by atoms with Gasteiger partial charge in [0.15, 0.2) is 0 Å². The van der Waals surface area contributed by atoms with Gasteiger partial charge in [0.25, 0.3) is 24.6 Å². The smallest absolute Gasteiger partial charge is 0.352 e. The van der Waals surface area contributed by atoms with Gasteiger partial charge < -0.3 is 10.2 Å². The van der Waals surface area contributed by atoms with Crippen molar-refractivity contribution in [1.29, 1.82) is 0 Å². The van der Waals surface area contributed by atoms with Crippen molar-refractivity contribution < 1.29 is 18.8 Å². The third kappa shape index (κ3) is 5.28. The van der Waals surface area contributed by atoms with Gasteiger partial charge in [-0.05, 0) is 47.3 Å². The van der Waals surface area contributed by atoms with Crippen LogP contribution in [0.1, 0.15) is 23.2 Å². The van der Waals surface area contributed by atoms with Crippen LogP contribution in [0.15, 0.2) is 70.1 Å². The summed E-state index contributed by atoms with van der Waals surface area (Å²) in [5.41, 5.74) is 2.27. The molecule has 2 amide bonds. The summed E-state index contributed by atoms with van der Waals surface area (Å²) >= 11 is 0. The fourth-order valence-electron chi connectivity index (χ4n) is 3.85. The van der Waals surface area contributed by atoms with Crippen LogP contribution in [0, 0.1) is 5.92 Å². The number of carbonyl (C=O) groups is 2. The lowest BCUT2D eigenvalue weighted by Crippen LogP contribution is -2.50. The number of H-pyrrole nitrogens is 1. The number of likely N-dealkylation sites (tertiary alicyclic amines) is 1. The summed E-state index contributed by atoms with van der Waals surface area (Å²) in [6, 6.07) is 17.6. The first-order valence-corrected chi connectivity index (χ1v) is 10.4. The topological polar surface area (TPSA) is 99.3 Å². The predicted octanol–water partition coefficient (Wildman–Crippen LogP) is 1.59. The average Bonchev–Trinajstić information content (AvgIpc) is 3.22. The molecule has 1 fully saturated rings. The standard InChI is InChI=1S/C23H24N4O4/c28-21(15-27-16-22(29)31-25-27)26-12-4-5-17(14-26)13-24-23(30)20-10-8-19(9-11-20)18-6-2-1-3-7-18/h1-3,6-11,16-17H,4-5,12-15H2,(H-,24,25,29,30)/p+1. The van der Waals surface area contributed by atoms with Gasteiger partial charge in [-0.15, -0.1) is 0 Å². The fraction of sp³-hybridized carbons (Fsp3) is 0.304. The Labute approximate surface area is 179 Å². The second-order valence-electron chi connectivity index (χ2n) is 7.77. The Hall–Kier alpha value is -3.68. The van der Waals surface area contributed by atoms with Crippen LogP contribution in [0.25, 0.3) is 11.1 Å². The van der Waals surface area contributed by atoms with Crippen LogP contribution < -0.4 is 15.6 Å². The summed E-state index contributed by atoms with van der Waals surface area (Å²) in [7, 11) is 0. The van der Waals surface area contributed by atoms with E-state index in [-0.39, 0.29) is 24.3 Å². The van der Waals surface area contributed by atoms with Gasteiger partial charge in [-0.1, -0.05) is 47.1 Å². The molecule has 8 nitrogen and oxygen atoms in total. The minimum absolute atomic E-state index is 0.0264. The summed E-state index contributed by atoms with van der Waals surface area (Å²) < 4.78 is 5.91. The first kappa shape index (κ1) is 20.6. The number of piperidine rings is 1. The zero-order valence-electron chi connectivity index (χ0n) is 17.1. The minimum Gasteiger partial charge on any atom is -0.352 e. The van der Waals surface area contributed by atoms with Gasteiger partial charge in [0.1, 0.15) is 0 Å². The number of nitrogens with zero attached hydrogens (tertiary/aromatic N) is 2. The van der Waals surface area contributed by atoms with Gasteiger partial charge in [0, 0.05) is 25.2 Å². The minimum atomic E-state index is -0.524. The van der Waals surface area contributed by atoms with Crippen LogP contribution in [-0.2, 0) is 11.3 Å². The molecule has 2 N–H and O–H groups in total. The molecule has 0 bridgehead atoms. The number of benzene rings is 2. The van der Waals surface area contributed by atoms with E-state index in [0.29, 0.717) is 25.2 Å². The van der Waals surface area contributed by atoms with E-state index in [4.69, 9.17) is 0 Å². The van der Waals surface area contributed by atoms with Gasteiger partial charge in [0.05, 0.1) is 0 Å². The Morgan fingerprint density at radius 3 is 2.55 bits per heavy atom. The molecule has 31 heavy (non-hydrogen) atoms. The Kier molecular flexibility index (Phi) is 6.26. The van der Waals surface area contributed by atoms with Crippen molar-refractivity contribution in [1.82, 2.24) is 15.5 Å². The van der Waals surface area contributed by atoms with Crippen molar-refractivity contribution in [3.8, 4) is 11.1 Å². The van der Waals surface area contributed by atoms with Crippen LogP contribution in [0.3, 0.4) is 0 Å². The number of carbonyl (C=O) groups excluding carboxylic acids is 2. The molecule has 0 aliphatic carbocycles. The van der Waals surface area contributed by atoms with Crippen LogP contribution in [0.5, 0.6) is 0 Å². The molecule has 160 valence electrons. The first-order chi connectivity index (χ1) is 15.1. The monoisotopic (exact) mass is 421 g/mol. The van der Waals surface area contributed by atoms with E-state index in [1.807, 2.05) is 54.6 Å². The molecular formula is C23H25N4O4+. The summed E-state index contributed by atoms with van der Waals surface area (Å²) in [6.45, 7) is 1.79. The second kappa shape index (κ2) is 9.42. The van der Waals surface area contributed by atoms with E-state index in [1.165, 1.54) is 10.9 Å². The van der Waals surface area contributed by atoms with E-state index in [9.17, 15) is 14.4 Å². The molecule has 2 heterocycles. The van der Waals surface area contributed by atoms with Crippen molar-refractivity contribution in [2.45, 2.75) is 19.4 Å². The number of aromatic nitrogens is 2. The summed E-state index contributed by atoms with van der Waals surface area (Å²) in [5.74, 6) is -0.0113. The van der Waals surface area contributed by atoms with E-state index in [2.05, 4.69) is 15.1 Å². The van der Waals surface area contributed by atoms with Crippen LogP contribution in [0.2, 0.25) is 0 Å². The molecule has 1 aliphatic heterocycles. The maximum Gasteiger partial charge on any atom is 0.426 e. The van der Waals surface area contributed by atoms with Crippen molar-refractivity contribution in [2.75, 3.05) is 19.6 Å². The van der Waals surface area contributed by atoms with E-state index < -0.39 is 5.63 Å². The van der Waals surface area contributed by atoms with Gasteiger partial charge in [-0.25, -0.2) is 4.79 Å². The number of rotatable bonds is 6. The van der Waals surface area contributed by atoms with Crippen molar-refractivity contribution in [3.63, 3.8) is 0 Å². The summed E-state index contributed by atoms with van der Waals surface area (Å²) in [6.07, 6.45) is 3.04. The molecule has 8 heteroatoms. The Balaban J connectivity index is 1.28. The molecule has 0 saturated carbocycles. The highest BCUT2D eigenvalue weighted by Gasteiger charge is 2.26. The van der Waals surface area contributed by atoms with Gasteiger partial charge in [-0.2, -0.15) is 0 Å². The fourth-order valence-corrected chi connectivity index (χ4v) is 3.85. The van der Waals surface area contributed by atoms with Gasteiger partial charge in [-0.3, -0.25) is 14.1 Å². The SMILES string of the molecule is O=C(NCC1CCCN(C(=O)C[n+]2cc(=O)o[nH]2)C1)c1ccc(-c2ccccc2)cc1. The molecule has 1 saturated heterocycles. The molecule has 0 spiro atoms. The molecule has 1 aromatic heterocycles. The number of hydrogen-bond donors (Lipinski definition) is 2. The molecule has 1 aliphatic rings. The lowest BCUT2D eigenvalue weighted by molar-refractivity contribution is -0.751. The summed E-state index contributed by atoms with van der Waals surface area (Å²) in [5, 5.41) is 5.38. The quantitative estimate of drug-likeness (QED) is 0.591. The Bertz CT molecular complexity index is 1090. The Morgan fingerprint density at radius 2 is 1.84 bits per heavy atom. The highest BCUT2D eigenvalue weighted by atomic mass is 16.5. The van der Waals surface area contributed by atoms with Crippen molar-refractivity contribution >= 4 is 11.8 Å². The number of amides is 2. The summed E-state index contributed by atoms with van der Waals surface area (Å²) in [4.78, 5) is 37.9. The second-order valence-corrected chi connectivity index (χ2v) is 7.77. The Morgan fingerprint density at radius 1 is 1.10 bits per heavy atom. The zero-order chi connectivity index (χ0) is 21.6.